The summed E-state index contributed by atoms with van der Waals surface area (Å²) in [6.45, 7) is 4.16. The number of rotatable bonds is 4. The van der Waals surface area contributed by atoms with Crippen molar-refractivity contribution in [3.63, 3.8) is 0 Å². The molecule has 0 saturated carbocycles. The van der Waals surface area contributed by atoms with Gasteiger partial charge in [-0.05, 0) is 44.0 Å². The summed E-state index contributed by atoms with van der Waals surface area (Å²) in [4.78, 5) is 14.7. The Labute approximate surface area is 148 Å². The maximum atomic E-state index is 13.1. The van der Waals surface area contributed by atoms with E-state index in [1.165, 1.54) is 4.31 Å². The zero-order valence-corrected chi connectivity index (χ0v) is 15.5. The fourth-order valence-electron chi connectivity index (χ4n) is 3.29. The highest BCUT2D eigenvalue weighted by Crippen LogP contribution is 2.30. The van der Waals surface area contributed by atoms with Crippen molar-refractivity contribution < 1.29 is 13.2 Å². The Kier molecular flexibility index (Phi) is 4.56. The third-order valence-electron chi connectivity index (χ3n) is 4.51. The summed E-state index contributed by atoms with van der Waals surface area (Å²) in [6.07, 6.45) is 1.92. The lowest BCUT2D eigenvalue weighted by Crippen LogP contribution is -2.49. The second-order valence-corrected chi connectivity index (χ2v) is 8.30. The van der Waals surface area contributed by atoms with Crippen LogP contribution in [0, 0.1) is 6.92 Å². The van der Waals surface area contributed by atoms with Crippen molar-refractivity contribution in [2.45, 2.75) is 26.3 Å². The highest BCUT2D eigenvalue weighted by atomic mass is 32.2. The maximum Gasteiger partial charge on any atom is 0.250 e. The number of fused-ring (bicyclic) bond motifs is 1. The molecule has 1 atom stereocenters. The van der Waals surface area contributed by atoms with Gasteiger partial charge in [0.15, 0.2) is 0 Å². The molecule has 0 aromatic heterocycles. The fourth-order valence-corrected chi connectivity index (χ4v) is 4.46. The van der Waals surface area contributed by atoms with Gasteiger partial charge in [-0.2, -0.15) is 0 Å². The molecule has 0 spiro atoms. The molecule has 2 aromatic carbocycles. The van der Waals surface area contributed by atoms with E-state index >= 15 is 0 Å². The molecule has 132 valence electrons. The van der Waals surface area contributed by atoms with E-state index in [0.717, 1.165) is 29.5 Å². The predicted molar refractivity (Wildman–Crippen MR) is 100 cm³/mol. The Morgan fingerprint density at radius 3 is 2.40 bits per heavy atom. The van der Waals surface area contributed by atoms with Gasteiger partial charge in [0, 0.05) is 12.2 Å². The number of hydrogen-bond donors (Lipinski definition) is 0. The van der Waals surface area contributed by atoms with Crippen molar-refractivity contribution in [1.29, 1.82) is 0 Å². The van der Waals surface area contributed by atoms with E-state index in [0.29, 0.717) is 12.2 Å². The van der Waals surface area contributed by atoms with Crippen LogP contribution in [-0.2, 0) is 21.2 Å². The molecule has 0 N–H and O–H groups in total. The third kappa shape index (κ3) is 3.39. The first-order valence-electron chi connectivity index (χ1n) is 8.24. The molecule has 2 aromatic rings. The van der Waals surface area contributed by atoms with Crippen LogP contribution >= 0.6 is 0 Å². The SMILES string of the molecule is Cc1ccc(N([C@H](C)C(=O)N2CCc3ccccc32)S(C)(=O)=O)cc1. The summed E-state index contributed by atoms with van der Waals surface area (Å²) < 4.78 is 26.0. The van der Waals surface area contributed by atoms with E-state index in [4.69, 9.17) is 0 Å². The zero-order valence-electron chi connectivity index (χ0n) is 14.6. The first kappa shape index (κ1) is 17.5. The Bertz CT molecular complexity index is 891. The van der Waals surface area contributed by atoms with Gasteiger partial charge in [-0.3, -0.25) is 9.10 Å². The lowest BCUT2D eigenvalue weighted by molar-refractivity contribution is -0.119. The Morgan fingerprint density at radius 2 is 1.76 bits per heavy atom. The topological polar surface area (TPSA) is 57.7 Å². The molecule has 1 amide bonds. The molecule has 25 heavy (non-hydrogen) atoms. The molecule has 0 fully saturated rings. The molecule has 0 aliphatic carbocycles. The third-order valence-corrected chi connectivity index (χ3v) is 5.75. The van der Waals surface area contributed by atoms with Crippen LogP contribution in [0.3, 0.4) is 0 Å². The van der Waals surface area contributed by atoms with Gasteiger partial charge in [0.2, 0.25) is 10.0 Å². The summed E-state index contributed by atoms with van der Waals surface area (Å²) in [5, 5.41) is 0. The number of anilines is 2. The number of sulfonamides is 1. The molecule has 3 rings (SSSR count). The van der Waals surface area contributed by atoms with Crippen LogP contribution in [-0.4, -0.2) is 33.2 Å². The van der Waals surface area contributed by atoms with E-state index in [1.807, 2.05) is 43.3 Å². The molecule has 0 unspecified atom stereocenters. The molecule has 1 aliphatic heterocycles. The second-order valence-electron chi connectivity index (χ2n) is 6.44. The number of amides is 1. The van der Waals surface area contributed by atoms with Gasteiger partial charge in [-0.15, -0.1) is 0 Å². The molecule has 5 nitrogen and oxygen atoms in total. The average Bonchev–Trinajstić information content (AvgIpc) is 2.99. The highest BCUT2D eigenvalue weighted by Gasteiger charge is 2.34. The van der Waals surface area contributed by atoms with E-state index in [1.54, 1.807) is 24.0 Å². The van der Waals surface area contributed by atoms with Crippen LogP contribution in [0.5, 0.6) is 0 Å². The minimum absolute atomic E-state index is 0.212. The molecule has 0 radical (unpaired) electrons. The largest absolute Gasteiger partial charge is 0.310 e. The fraction of sp³-hybridized carbons (Fsp3) is 0.316. The number of carbonyl (C=O) groups excluding carboxylic acids is 1. The van der Waals surface area contributed by atoms with Crippen LogP contribution in [0.25, 0.3) is 0 Å². The smallest absolute Gasteiger partial charge is 0.250 e. The van der Waals surface area contributed by atoms with Crippen LogP contribution in [0.1, 0.15) is 18.1 Å². The van der Waals surface area contributed by atoms with E-state index in [2.05, 4.69) is 0 Å². The zero-order chi connectivity index (χ0) is 18.2. The number of nitrogens with zero attached hydrogens (tertiary/aromatic N) is 2. The second kappa shape index (κ2) is 6.52. The normalized spacial score (nSPS) is 14.9. The monoisotopic (exact) mass is 358 g/mol. The first-order chi connectivity index (χ1) is 11.8. The molecule has 0 bridgehead atoms. The van der Waals surface area contributed by atoms with Gasteiger partial charge >= 0.3 is 0 Å². The quantitative estimate of drug-likeness (QED) is 0.844. The van der Waals surface area contributed by atoms with Gasteiger partial charge in [-0.1, -0.05) is 35.9 Å². The van der Waals surface area contributed by atoms with Gasteiger partial charge in [-0.25, -0.2) is 8.42 Å². The Balaban J connectivity index is 1.95. The summed E-state index contributed by atoms with van der Waals surface area (Å²) in [5.74, 6) is -0.212. The minimum atomic E-state index is -3.60. The van der Waals surface area contributed by atoms with Gasteiger partial charge < -0.3 is 4.90 Å². The molecule has 1 heterocycles. The number of hydrogen-bond acceptors (Lipinski definition) is 3. The molecular weight excluding hydrogens is 336 g/mol. The van der Waals surface area contributed by atoms with Crippen molar-refractivity contribution in [3.8, 4) is 0 Å². The van der Waals surface area contributed by atoms with Crippen molar-refractivity contribution >= 4 is 27.3 Å². The molecule has 6 heteroatoms. The standard InChI is InChI=1S/C19H22N2O3S/c1-14-8-10-17(11-9-14)21(25(3,23)24)15(2)19(22)20-13-12-16-6-4-5-7-18(16)20/h4-11,15H,12-13H2,1-3H3/t15-/m1/s1. The van der Waals surface area contributed by atoms with Crippen LogP contribution in [0.2, 0.25) is 0 Å². The highest BCUT2D eigenvalue weighted by molar-refractivity contribution is 7.92. The van der Waals surface area contributed by atoms with Gasteiger partial charge in [0.25, 0.3) is 5.91 Å². The number of para-hydroxylation sites is 1. The van der Waals surface area contributed by atoms with Crippen LogP contribution < -0.4 is 9.21 Å². The first-order valence-corrected chi connectivity index (χ1v) is 10.1. The van der Waals surface area contributed by atoms with Crippen molar-refractivity contribution in [2.75, 3.05) is 22.0 Å². The summed E-state index contributed by atoms with van der Waals surface area (Å²) in [5.41, 5.74) is 3.52. The van der Waals surface area contributed by atoms with E-state index < -0.39 is 16.1 Å². The number of carbonyl (C=O) groups is 1. The van der Waals surface area contributed by atoms with Crippen molar-refractivity contribution in [2.24, 2.45) is 0 Å². The van der Waals surface area contributed by atoms with Crippen LogP contribution in [0.15, 0.2) is 48.5 Å². The van der Waals surface area contributed by atoms with E-state index in [9.17, 15) is 13.2 Å². The van der Waals surface area contributed by atoms with Gasteiger partial charge in [0.05, 0.1) is 11.9 Å². The predicted octanol–water partition coefficient (Wildman–Crippen LogP) is 2.74. The number of aryl methyl sites for hydroxylation is 1. The summed E-state index contributed by atoms with van der Waals surface area (Å²) in [7, 11) is -3.60. The van der Waals surface area contributed by atoms with Crippen molar-refractivity contribution in [3.05, 3.63) is 59.7 Å². The maximum absolute atomic E-state index is 13.1. The lowest BCUT2D eigenvalue weighted by atomic mass is 10.1. The molecule has 1 aliphatic rings. The summed E-state index contributed by atoms with van der Waals surface area (Å²) in [6, 6.07) is 14.1. The lowest BCUT2D eigenvalue weighted by Gasteiger charge is -2.31. The average molecular weight is 358 g/mol. The van der Waals surface area contributed by atoms with E-state index in [-0.39, 0.29) is 5.91 Å². The minimum Gasteiger partial charge on any atom is -0.310 e. The Morgan fingerprint density at radius 1 is 1.12 bits per heavy atom. The molecular formula is C19H22N2O3S. The summed E-state index contributed by atoms with van der Waals surface area (Å²) >= 11 is 0. The van der Waals surface area contributed by atoms with Crippen LogP contribution in [0.4, 0.5) is 11.4 Å². The van der Waals surface area contributed by atoms with Gasteiger partial charge in [0.1, 0.15) is 6.04 Å². The Hall–Kier alpha value is -2.34. The number of benzene rings is 2. The van der Waals surface area contributed by atoms with Crippen molar-refractivity contribution in [1.82, 2.24) is 0 Å². The molecule has 0 saturated heterocycles.